The van der Waals surface area contributed by atoms with Gasteiger partial charge in [0.05, 0.1) is 29.5 Å². The predicted octanol–water partition coefficient (Wildman–Crippen LogP) is 10.5. The number of anilines is 1. The van der Waals surface area contributed by atoms with Crippen molar-refractivity contribution in [1.29, 1.82) is 0 Å². The molecule has 5 aromatic rings. The van der Waals surface area contributed by atoms with Crippen LogP contribution < -0.4 is 19.1 Å². The van der Waals surface area contributed by atoms with Gasteiger partial charge >= 0.3 is 0 Å². The number of sulfonamides is 1. The van der Waals surface area contributed by atoms with Gasteiger partial charge in [0.25, 0.3) is 15.9 Å². The molecule has 0 radical (unpaired) electrons. The molecule has 2 aromatic heterocycles. The maximum Gasteiger partial charge on any atom is 0.268 e. The van der Waals surface area contributed by atoms with Crippen LogP contribution in [0.25, 0.3) is 16.6 Å². The number of carbonyl (C=O) groups is 1. The van der Waals surface area contributed by atoms with Crippen LogP contribution >= 0.6 is 23.2 Å². The molecule has 2 fully saturated rings. The molecule has 1 amide bonds. The summed E-state index contributed by atoms with van der Waals surface area (Å²) in [5, 5.41) is 19.8. The van der Waals surface area contributed by atoms with Gasteiger partial charge in [0.15, 0.2) is 11.3 Å². The molecule has 1 aliphatic heterocycles. The summed E-state index contributed by atoms with van der Waals surface area (Å²) in [5.74, 6) is -0.123. The summed E-state index contributed by atoms with van der Waals surface area (Å²) in [5.41, 5.74) is 5.63. The largest absolute Gasteiger partial charge is 0.476 e. The molecule has 0 bridgehead atoms. The fourth-order valence-electron chi connectivity index (χ4n) is 9.23. The van der Waals surface area contributed by atoms with E-state index < -0.39 is 29.6 Å². The second-order valence-electron chi connectivity index (χ2n) is 21.2. The molecule has 1 saturated carbocycles. The van der Waals surface area contributed by atoms with Gasteiger partial charge in [-0.3, -0.25) is 9.69 Å². The van der Waals surface area contributed by atoms with Crippen molar-refractivity contribution < 1.29 is 32.5 Å². The zero-order valence-electron chi connectivity index (χ0n) is 40.6. The summed E-state index contributed by atoms with van der Waals surface area (Å²) in [7, 11) is -5.76. The van der Waals surface area contributed by atoms with Gasteiger partial charge in [0, 0.05) is 64.2 Å². The van der Waals surface area contributed by atoms with Crippen molar-refractivity contribution in [3.63, 3.8) is 0 Å². The summed E-state index contributed by atoms with van der Waals surface area (Å²) in [6.07, 6.45) is 7.24. The number of hydrogen-bond acceptors (Lipinski definition) is 12. The molecule has 69 heavy (non-hydrogen) atoms. The highest BCUT2D eigenvalue weighted by Crippen LogP contribution is 2.44. The number of piperazine rings is 1. The van der Waals surface area contributed by atoms with Crippen molar-refractivity contribution in [2.45, 2.75) is 109 Å². The fourth-order valence-corrected chi connectivity index (χ4v) is 11.3. The Morgan fingerprint density at radius 1 is 0.942 bits per heavy atom. The third kappa shape index (κ3) is 13.1. The molecule has 3 aliphatic rings. The number of nitrogens with zero attached hydrogens (tertiary/aromatic N) is 6. The van der Waals surface area contributed by atoms with E-state index in [-0.39, 0.29) is 45.2 Å². The highest BCUT2D eigenvalue weighted by molar-refractivity contribution is 7.90. The first-order valence-electron chi connectivity index (χ1n) is 23.9. The van der Waals surface area contributed by atoms with Crippen LogP contribution in [0.1, 0.15) is 81.6 Å². The minimum absolute atomic E-state index is 0.00704. The Hall–Kier alpha value is -4.55. The topological polar surface area (TPSA) is 161 Å². The number of benzene rings is 3. The number of nitrogens with one attached hydrogen (secondary N) is 1. The van der Waals surface area contributed by atoms with E-state index in [1.165, 1.54) is 22.8 Å². The van der Waals surface area contributed by atoms with E-state index in [4.69, 9.17) is 37.4 Å². The number of halogens is 2. The number of ether oxygens (including phenoxy) is 3. The Kier molecular flexibility index (Phi) is 15.5. The summed E-state index contributed by atoms with van der Waals surface area (Å²) in [6.45, 7) is 18.6. The maximum atomic E-state index is 14.2. The first-order chi connectivity index (χ1) is 32.7. The van der Waals surface area contributed by atoms with E-state index in [0.29, 0.717) is 42.8 Å². The second-order valence-corrected chi connectivity index (χ2v) is 29.3. The number of fused-ring (bicyclic) bond motifs is 1. The van der Waals surface area contributed by atoms with Crippen LogP contribution in [0.3, 0.4) is 0 Å². The number of amides is 1. The first kappa shape index (κ1) is 50.8. The van der Waals surface area contributed by atoms with Gasteiger partial charge in [-0.25, -0.2) is 22.8 Å². The molecular weight excluding hydrogens is 954 g/mol. The van der Waals surface area contributed by atoms with E-state index in [1.54, 1.807) is 22.9 Å². The third-order valence-electron chi connectivity index (χ3n) is 13.6. The molecule has 0 spiro atoms. The lowest BCUT2D eigenvalue weighted by atomic mass is 9.72. The van der Waals surface area contributed by atoms with E-state index >= 15 is 0 Å². The SMILES string of the molecule is CC1(C)CCC(CN2CCN(c3ccc(C(=O)NS(=O)(=O)c4cnc(OC[C@H]5CC[C@@](C)(O)CC5)c(Cl)c4)c(Oc4cccc5c4nnn5COCC[Si](C)(C)C)c3)CC2)=C(c2ccc(Cl)cc2)C1. The number of rotatable bonds is 17. The molecule has 1 saturated heterocycles. The summed E-state index contributed by atoms with van der Waals surface area (Å²) in [6, 6.07) is 21.1. The van der Waals surface area contributed by atoms with Crippen LogP contribution in [0.2, 0.25) is 35.7 Å². The van der Waals surface area contributed by atoms with Gasteiger partial charge in [-0.1, -0.05) is 85.7 Å². The van der Waals surface area contributed by atoms with Crippen molar-refractivity contribution in [3.05, 3.63) is 99.7 Å². The standard InChI is InChI=1S/C51H65Cl2N7O7SSi/c1-50(2)19-18-37(42(30-50)36-10-12-38(52)13-11-36)32-58-22-24-59(25-23-58)39-14-15-41(46(28-39)67-45-9-7-8-44-47(45)55-57-60(44)34-65-26-27-69(4,5)6)48(61)56-68(63,64)40-29-43(53)49(54-31-40)66-33-35-16-20-51(3,62)21-17-35/h7-15,28-29,31,35,62H,16-27,30,32-34H2,1-6H3,(H,56,61)/t35-,51+. The van der Waals surface area contributed by atoms with Crippen LogP contribution in [0.15, 0.2) is 83.4 Å². The lowest BCUT2D eigenvalue weighted by Crippen LogP contribution is -2.47. The van der Waals surface area contributed by atoms with Gasteiger partial charge in [-0.05, 0) is 123 Å². The Labute approximate surface area is 417 Å². The molecule has 2 N–H and O–H groups in total. The second kappa shape index (κ2) is 21.0. The molecule has 370 valence electrons. The van der Waals surface area contributed by atoms with Crippen molar-refractivity contribution in [2.24, 2.45) is 11.3 Å². The number of hydrogen-bond donors (Lipinski definition) is 2. The average molecular weight is 1020 g/mol. The maximum absolute atomic E-state index is 14.2. The summed E-state index contributed by atoms with van der Waals surface area (Å²) >= 11 is 12.8. The van der Waals surface area contributed by atoms with Crippen LogP contribution in [-0.2, 0) is 21.5 Å². The lowest BCUT2D eigenvalue weighted by molar-refractivity contribution is 0.00127. The van der Waals surface area contributed by atoms with Gasteiger partial charge < -0.3 is 24.2 Å². The van der Waals surface area contributed by atoms with Crippen molar-refractivity contribution in [2.75, 3.05) is 50.8 Å². The average Bonchev–Trinajstić information content (AvgIpc) is 3.72. The van der Waals surface area contributed by atoms with E-state index in [9.17, 15) is 18.3 Å². The van der Waals surface area contributed by atoms with Crippen molar-refractivity contribution in [3.8, 4) is 17.4 Å². The highest BCUT2D eigenvalue weighted by Gasteiger charge is 2.32. The smallest absolute Gasteiger partial charge is 0.268 e. The molecule has 2 aliphatic carbocycles. The molecule has 3 heterocycles. The van der Waals surface area contributed by atoms with E-state index in [1.807, 2.05) is 37.3 Å². The van der Waals surface area contributed by atoms with Crippen molar-refractivity contribution >= 4 is 69.5 Å². The zero-order valence-corrected chi connectivity index (χ0v) is 43.9. The molecular formula is C51H65Cl2N7O7SSi. The van der Waals surface area contributed by atoms with Crippen LogP contribution in [0.4, 0.5) is 5.69 Å². The van der Waals surface area contributed by atoms with Crippen LogP contribution in [0, 0.1) is 11.3 Å². The monoisotopic (exact) mass is 1020 g/mol. The van der Waals surface area contributed by atoms with Crippen LogP contribution in [0.5, 0.6) is 17.4 Å². The number of aromatic nitrogens is 4. The van der Waals surface area contributed by atoms with Gasteiger partial charge in [0.1, 0.15) is 22.4 Å². The predicted molar refractivity (Wildman–Crippen MR) is 275 cm³/mol. The zero-order chi connectivity index (χ0) is 49.1. The molecule has 8 rings (SSSR count). The molecule has 0 unspecified atom stereocenters. The summed E-state index contributed by atoms with van der Waals surface area (Å²) < 4.78 is 49.9. The Bertz CT molecular complexity index is 2780. The Morgan fingerprint density at radius 3 is 2.39 bits per heavy atom. The Morgan fingerprint density at radius 2 is 1.68 bits per heavy atom. The molecule has 14 nitrogen and oxygen atoms in total. The quantitative estimate of drug-likeness (QED) is 0.0671. The number of allylic oxidation sites excluding steroid dienone is 1. The number of aliphatic hydroxyl groups is 1. The van der Waals surface area contributed by atoms with Crippen molar-refractivity contribution in [1.82, 2.24) is 29.6 Å². The minimum atomic E-state index is -4.46. The van der Waals surface area contributed by atoms with E-state index in [0.717, 1.165) is 87.8 Å². The lowest BCUT2D eigenvalue weighted by Gasteiger charge is -2.39. The third-order valence-corrected chi connectivity index (χ3v) is 17.2. The molecule has 3 aromatic carbocycles. The van der Waals surface area contributed by atoms with Crippen LogP contribution in [-0.4, -0.2) is 104 Å². The van der Waals surface area contributed by atoms with Gasteiger partial charge in [0.2, 0.25) is 5.88 Å². The molecule has 0 atom stereocenters. The molecule has 18 heteroatoms. The number of pyridine rings is 1. The van der Waals surface area contributed by atoms with Gasteiger partial charge in [-0.2, -0.15) is 0 Å². The van der Waals surface area contributed by atoms with Gasteiger partial charge in [-0.15, -0.1) is 5.10 Å². The fraction of sp³-hybridized carbons (Fsp3) is 0.490. The highest BCUT2D eigenvalue weighted by atomic mass is 35.5. The first-order valence-corrected chi connectivity index (χ1v) is 29.9. The number of carbonyl (C=O) groups excluding carboxylic acids is 1. The Balaban J connectivity index is 1.01. The summed E-state index contributed by atoms with van der Waals surface area (Å²) in [4.78, 5) is 22.8. The van der Waals surface area contributed by atoms with E-state index in [2.05, 4.69) is 75.4 Å². The normalized spacial score (nSPS) is 20.3. The minimum Gasteiger partial charge on any atom is -0.476 e.